The highest BCUT2D eigenvalue weighted by Gasteiger charge is 2.26. The molecule has 33 heavy (non-hydrogen) atoms. The number of cyclic esters (lactones) is 1. The Balaban J connectivity index is 1.30. The zero-order valence-corrected chi connectivity index (χ0v) is 18.6. The smallest absolute Gasteiger partial charge is 0.414 e. The van der Waals surface area contributed by atoms with Gasteiger partial charge in [0.15, 0.2) is 0 Å². The van der Waals surface area contributed by atoms with Crippen molar-refractivity contribution in [2.75, 3.05) is 50.9 Å². The molecule has 2 aromatic rings. The Morgan fingerprint density at radius 1 is 0.970 bits per heavy atom. The van der Waals surface area contributed by atoms with Gasteiger partial charge in [-0.05, 0) is 48.5 Å². The molecule has 0 saturated carbocycles. The molecule has 0 radical (unpaired) electrons. The predicted octanol–water partition coefficient (Wildman–Crippen LogP) is 1.45. The molecule has 2 heterocycles. The van der Waals surface area contributed by atoms with E-state index in [1.165, 1.54) is 28.6 Å². The van der Waals surface area contributed by atoms with Crippen molar-refractivity contribution in [2.24, 2.45) is 0 Å². The number of carbonyl (C=O) groups excluding carboxylic acids is 2. The molecule has 1 N–H and O–H groups in total. The molecule has 10 heteroatoms. The maximum Gasteiger partial charge on any atom is 0.414 e. The van der Waals surface area contributed by atoms with Crippen LogP contribution < -0.4 is 10.2 Å². The van der Waals surface area contributed by atoms with Crippen molar-refractivity contribution in [3.8, 4) is 11.8 Å². The topological polar surface area (TPSA) is 105 Å². The van der Waals surface area contributed by atoms with Crippen LogP contribution in [-0.4, -0.2) is 70.7 Å². The van der Waals surface area contributed by atoms with E-state index >= 15 is 0 Å². The van der Waals surface area contributed by atoms with E-state index in [-0.39, 0.29) is 23.4 Å². The lowest BCUT2D eigenvalue weighted by molar-refractivity contribution is 0.0730. The number of benzene rings is 2. The van der Waals surface area contributed by atoms with Gasteiger partial charge in [0.25, 0.3) is 5.91 Å². The van der Waals surface area contributed by atoms with Crippen LogP contribution in [0.15, 0.2) is 53.4 Å². The third-order valence-corrected chi connectivity index (χ3v) is 7.15. The molecule has 172 valence electrons. The SMILES string of the molecule is O=C(NCC#Cc1ccc(N2CCOC2=O)cc1)c1ccc(S(=O)(=O)N2CCOCC2)cc1. The Bertz CT molecular complexity index is 1180. The molecule has 0 unspecified atom stereocenters. The number of sulfonamides is 1. The number of hydrogen-bond donors (Lipinski definition) is 1. The largest absolute Gasteiger partial charge is 0.447 e. The lowest BCUT2D eigenvalue weighted by Crippen LogP contribution is -2.40. The van der Waals surface area contributed by atoms with Crippen molar-refractivity contribution in [1.82, 2.24) is 9.62 Å². The summed E-state index contributed by atoms with van der Waals surface area (Å²) in [4.78, 5) is 25.6. The fourth-order valence-electron chi connectivity index (χ4n) is 3.44. The lowest BCUT2D eigenvalue weighted by Gasteiger charge is -2.26. The van der Waals surface area contributed by atoms with E-state index in [4.69, 9.17) is 9.47 Å². The fraction of sp³-hybridized carbons (Fsp3) is 0.304. The van der Waals surface area contributed by atoms with Crippen molar-refractivity contribution in [1.29, 1.82) is 0 Å². The number of anilines is 1. The summed E-state index contributed by atoms with van der Waals surface area (Å²) in [6.07, 6.45) is -0.358. The molecule has 2 aromatic carbocycles. The normalized spacial score (nSPS) is 16.6. The summed E-state index contributed by atoms with van der Waals surface area (Å²) < 4.78 is 36.8. The number of ether oxygens (including phenoxy) is 2. The Morgan fingerprint density at radius 3 is 2.30 bits per heavy atom. The lowest BCUT2D eigenvalue weighted by atomic mass is 10.2. The maximum absolute atomic E-state index is 12.7. The highest BCUT2D eigenvalue weighted by atomic mass is 32.2. The number of morpholine rings is 1. The summed E-state index contributed by atoms with van der Waals surface area (Å²) in [5, 5.41) is 2.69. The van der Waals surface area contributed by atoms with Gasteiger partial charge in [-0.25, -0.2) is 13.2 Å². The van der Waals surface area contributed by atoms with Crippen LogP contribution in [0, 0.1) is 11.8 Å². The summed E-state index contributed by atoms with van der Waals surface area (Å²) in [6, 6.07) is 13.0. The molecule has 0 spiro atoms. The van der Waals surface area contributed by atoms with E-state index in [0.717, 1.165) is 11.3 Å². The van der Waals surface area contributed by atoms with E-state index in [1.807, 2.05) is 0 Å². The standard InChI is InChI=1S/C23H23N3O6S/c27-22(19-5-9-21(10-6-19)33(29,30)25-12-15-31-16-13-25)24-11-1-2-18-3-7-20(8-4-18)26-14-17-32-23(26)28/h3-10H,11-17H2,(H,24,27). The van der Waals surface area contributed by atoms with Gasteiger partial charge in [0.05, 0.1) is 31.2 Å². The summed E-state index contributed by atoms with van der Waals surface area (Å²) in [5.74, 6) is 5.48. The number of nitrogens with one attached hydrogen (secondary N) is 1. The molecule has 2 saturated heterocycles. The average Bonchev–Trinajstić information content (AvgIpc) is 3.28. The minimum Gasteiger partial charge on any atom is -0.447 e. The van der Waals surface area contributed by atoms with E-state index in [2.05, 4.69) is 17.2 Å². The molecule has 2 fully saturated rings. The highest BCUT2D eigenvalue weighted by Crippen LogP contribution is 2.19. The molecule has 2 aliphatic heterocycles. The van der Waals surface area contributed by atoms with E-state index in [1.54, 1.807) is 29.2 Å². The minimum atomic E-state index is -3.60. The molecule has 0 aliphatic carbocycles. The van der Waals surface area contributed by atoms with Gasteiger partial charge in [0.2, 0.25) is 10.0 Å². The van der Waals surface area contributed by atoms with Crippen molar-refractivity contribution in [3.63, 3.8) is 0 Å². The first-order valence-electron chi connectivity index (χ1n) is 10.4. The first-order chi connectivity index (χ1) is 15.9. The number of hydrogen-bond acceptors (Lipinski definition) is 6. The summed E-state index contributed by atoms with van der Waals surface area (Å²) in [6.45, 7) is 2.42. The number of rotatable bonds is 5. The summed E-state index contributed by atoms with van der Waals surface area (Å²) >= 11 is 0. The molecular formula is C23H23N3O6S. The van der Waals surface area contributed by atoms with E-state index < -0.39 is 10.0 Å². The molecule has 2 amide bonds. The van der Waals surface area contributed by atoms with Gasteiger partial charge in [0, 0.05) is 29.9 Å². The van der Waals surface area contributed by atoms with Crippen LogP contribution in [0.25, 0.3) is 0 Å². The number of carbonyl (C=O) groups is 2. The first-order valence-corrected chi connectivity index (χ1v) is 11.9. The Kier molecular flexibility index (Phi) is 6.93. The van der Waals surface area contributed by atoms with Crippen LogP contribution in [0.3, 0.4) is 0 Å². The molecular weight excluding hydrogens is 446 g/mol. The van der Waals surface area contributed by atoms with E-state index in [0.29, 0.717) is 45.0 Å². The molecule has 2 aliphatic rings. The zero-order chi connectivity index (χ0) is 23.3. The van der Waals surface area contributed by atoms with Crippen LogP contribution >= 0.6 is 0 Å². The van der Waals surface area contributed by atoms with Crippen molar-refractivity contribution >= 4 is 27.7 Å². The van der Waals surface area contributed by atoms with Gasteiger partial charge >= 0.3 is 6.09 Å². The molecule has 0 bridgehead atoms. The second-order valence-electron chi connectivity index (χ2n) is 7.34. The van der Waals surface area contributed by atoms with Crippen LogP contribution in [0.5, 0.6) is 0 Å². The summed E-state index contributed by atoms with van der Waals surface area (Å²) in [5.41, 5.74) is 1.84. The fourth-order valence-corrected chi connectivity index (χ4v) is 4.85. The van der Waals surface area contributed by atoms with E-state index in [9.17, 15) is 18.0 Å². The molecule has 0 atom stereocenters. The van der Waals surface area contributed by atoms with Crippen LogP contribution in [0.1, 0.15) is 15.9 Å². The quantitative estimate of drug-likeness (QED) is 0.665. The van der Waals surface area contributed by atoms with Crippen molar-refractivity contribution < 1.29 is 27.5 Å². The predicted molar refractivity (Wildman–Crippen MR) is 120 cm³/mol. The van der Waals surface area contributed by atoms with Crippen molar-refractivity contribution in [2.45, 2.75) is 4.90 Å². The van der Waals surface area contributed by atoms with Gasteiger partial charge in [-0.3, -0.25) is 9.69 Å². The Hall–Kier alpha value is -3.39. The van der Waals surface area contributed by atoms with Gasteiger partial charge in [-0.2, -0.15) is 4.31 Å². The average molecular weight is 470 g/mol. The summed E-state index contributed by atoms with van der Waals surface area (Å²) in [7, 11) is -3.60. The number of amides is 2. The minimum absolute atomic E-state index is 0.132. The van der Waals surface area contributed by atoms with Gasteiger partial charge in [0.1, 0.15) is 6.61 Å². The van der Waals surface area contributed by atoms with Crippen LogP contribution in [0.2, 0.25) is 0 Å². The van der Waals surface area contributed by atoms with Crippen LogP contribution in [-0.2, 0) is 19.5 Å². The third kappa shape index (κ3) is 5.34. The van der Waals surface area contributed by atoms with Gasteiger partial charge in [-0.15, -0.1) is 0 Å². The second kappa shape index (κ2) is 10.0. The maximum atomic E-state index is 12.7. The Morgan fingerprint density at radius 2 is 1.67 bits per heavy atom. The number of nitrogens with zero attached hydrogens (tertiary/aromatic N) is 2. The van der Waals surface area contributed by atoms with Crippen LogP contribution in [0.4, 0.5) is 10.5 Å². The monoisotopic (exact) mass is 469 g/mol. The second-order valence-corrected chi connectivity index (χ2v) is 9.28. The molecule has 0 aromatic heterocycles. The first kappa shape index (κ1) is 22.8. The van der Waals surface area contributed by atoms with Gasteiger partial charge < -0.3 is 14.8 Å². The molecule has 4 rings (SSSR count). The Labute approximate surface area is 192 Å². The van der Waals surface area contributed by atoms with Crippen molar-refractivity contribution in [3.05, 3.63) is 59.7 Å². The third-order valence-electron chi connectivity index (χ3n) is 5.23. The van der Waals surface area contributed by atoms with Gasteiger partial charge in [-0.1, -0.05) is 11.8 Å². The highest BCUT2D eigenvalue weighted by molar-refractivity contribution is 7.89. The zero-order valence-electron chi connectivity index (χ0n) is 17.8. The molecule has 9 nitrogen and oxygen atoms in total.